The molecule has 2 aliphatic heterocycles. The molecule has 4 nitrogen and oxygen atoms in total. The van der Waals surface area contributed by atoms with E-state index in [1.165, 1.54) is 6.07 Å². The molecule has 0 radical (unpaired) electrons. The van der Waals surface area contributed by atoms with Crippen LogP contribution in [0.4, 0.5) is 4.39 Å². The maximum Gasteiger partial charge on any atom is 0.146 e. The molecule has 3 heterocycles. The molecule has 2 aliphatic rings. The Bertz CT molecular complexity index is 670. The van der Waals surface area contributed by atoms with Gasteiger partial charge in [-0.25, -0.2) is 9.37 Å². The number of rotatable bonds is 3. The molecule has 2 saturated heterocycles. The van der Waals surface area contributed by atoms with Gasteiger partial charge in [0.15, 0.2) is 0 Å². The first kappa shape index (κ1) is 12.8. The molecule has 1 aromatic carbocycles. The first-order valence-corrected chi connectivity index (χ1v) is 7.29. The van der Waals surface area contributed by atoms with Crippen molar-refractivity contribution in [2.75, 3.05) is 7.11 Å². The molecule has 21 heavy (non-hydrogen) atoms. The minimum absolute atomic E-state index is 0.223. The van der Waals surface area contributed by atoms with Crippen molar-refractivity contribution in [3.63, 3.8) is 0 Å². The summed E-state index contributed by atoms with van der Waals surface area (Å²) in [5, 5.41) is 0. The number of aromatic nitrogens is 2. The standard InChI is InChI=1S/C16H17FN2O2/c1-20-14-4-2-3-11(17)15(14)16-18-7-8-19(16)12-9-10-5-6-13(12)21-10/h2-4,7-8,10,12-13H,5-6,9H2,1H3/t10-,12+,13+/m0/s1. The van der Waals surface area contributed by atoms with E-state index in [9.17, 15) is 4.39 Å². The first-order valence-electron chi connectivity index (χ1n) is 7.29. The van der Waals surface area contributed by atoms with E-state index in [0.29, 0.717) is 23.2 Å². The highest BCUT2D eigenvalue weighted by Crippen LogP contribution is 2.44. The highest BCUT2D eigenvalue weighted by atomic mass is 19.1. The average Bonchev–Trinajstić information content (AvgIpc) is 3.22. The van der Waals surface area contributed by atoms with Crippen LogP contribution in [0.1, 0.15) is 25.3 Å². The quantitative estimate of drug-likeness (QED) is 0.870. The van der Waals surface area contributed by atoms with E-state index >= 15 is 0 Å². The third kappa shape index (κ3) is 1.95. The van der Waals surface area contributed by atoms with Gasteiger partial charge in [-0.2, -0.15) is 0 Å². The Morgan fingerprint density at radius 3 is 3.00 bits per heavy atom. The zero-order chi connectivity index (χ0) is 14.4. The molecule has 110 valence electrons. The van der Waals surface area contributed by atoms with E-state index in [1.807, 2.05) is 10.8 Å². The number of imidazole rings is 1. The Kier molecular flexibility index (Phi) is 2.96. The predicted octanol–water partition coefficient (Wildman–Crippen LogP) is 3.19. The molecule has 0 saturated carbocycles. The largest absolute Gasteiger partial charge is 0.496 e. The van der Waals surface area contributed by atoms with Crippen LogP contribution in [0.2, 0.25) is 0 Å². The molecule has 0 aliphatic carbocycles. The fraction of sp³-hybridized carbons (Fsp3) is 0.438. The Labute approximate surface area is 122 Å². The van der Waals surface area contributed by atoms with Crippen LogP contribution in [0.25, 0.3) is 11.4 Å². The molecule has 0 spiro atoms. The van der Waals surface area contributed by atoms with Crippen LogP contribution >= 0.6 is 0 Å². The monoisotopic (exact) mass is 288 g/mol. The second-order valence-electron chi connectivity index (χ2n) is 5.65. The summed E-state index contributed by atoms with van der Waals surface area (Å²) in [5.74, 6) is 0.809. The van der Waals surface area contributed by atoms with E-state index in [2.05, 4.69) is 4.98 Å². The second-order valence-corrected chi connectivity index (χ2v) is 5.65. The number of benzene rings is 1. The van der Waals surface area contributed by atoms with Crippen LogP contribution in [0.15, 0.2) is 30.6 Å². The molecule has 1 aromatic heterocycles. The Balaban J connectivity index is 1.79. The molecule has 4 rings (SSSR count). The van der Waals surface area contributed by atoms with Crippen LogP contribution in [0.5, 0.6) is 5.75 Å². The van der Waals surface area contributed by atoms with Crippen LogP contribution in [-0.4, -0.2) is 28.9 Å². The lowest BCUT2D eigenvalue weighted by molar-refractivity contribution is 0.0940. The number of nitrogens with zero attached hydrogens (tertiary/aromatic N) is 2. The highest BCUT2D eigenvalue weighted by Gasteiger charge is 2.42. The zero-order valence-electron chi connectivity index (χ0n) is 11.8. The molecule has 3 atom stereocenters. The summed E-state index contributed by atoms with van der Waals surface area (Å²) in [6, 6.07) is 5.08. The number of methoxy groups -OCH3 is 1. The second kappa shape index (κ2) is 4.84. The van der Waals surface area contributed by atoms with Crippen molar-refractivity contribution >= 4 is 0 Å². The SMILES string of the molecule is COc1cccc(F)c1-c1nccn1[C@@H]1C[C@@H]2CC[C@H]1O2. The summed E-state index contributed by atoms with van der Waals surface area (Å²) in [4.78, 5) is 4.37. The van der Waals surface area contributed by atoms with Crippen molar-refractivity contribution in [1.29, 1.82) is 0 Å². The van der Waals surface area contributed by atoms with Crippen molar-refractivity contribution in [2.45, 2.75) is 37.5 Å². The van der Waals surface area contributed by atoms with Crippen LogP contribution < -0.4 is 4.74 Å². The van der Waals surface area contributed by atoms with E-state index < -0.39 is 0 Å². The highest BCUT2D eigenvalue weighted by molar-refractivity contribution is 5.65. The summed E-state index contributed by atoms with van der Waals surface area (Å²) < 4.78 is 27.6. The topological polar surface area (TPSA) is 36.3 Å². The molecule has 2 aromatic rings. The number of ether oxygens (including phenoxy) is 2. The van der Waals surface area contributed by atoms with Crippen LogP contribution in [0, 0.1) is 5.82 Å². The fourth-order valence-electron chi connectivity index (χ4n) is 3.57. The van der Waals surface area contributed by atoms with Gasteiger partial charge in [0.25, 0.3) is 0 Å². The molecular weight excluding hydrogens is 271 g/mol. The summed E-state index contributed by atoms with van der Waals surface area (Å²) in [6.07, 6.45) is 7.38. The first-order chi connectivity index (χ1) is 10.3. The van der Waals surface area contributed by atoms with E-state index in [0.717, 1.165) is 19.3 Å². The van der Waals surface area contributed by atoms with Gasteiger partial charge in [0.05, 0.1) is 30.9 Å². The zero-order valence-corrected chi connectivity index (χ0v) is 11.8. The smallest absolute Gasteiger partial charge is 0.146 e. The third-order valence-corrected chi connectivity index (χ3v) is 4.52. The van der Waals surface area contributed by atoms with Gasteiger partial charge >= 0.3 is 0 Å². The Hall–Kier alpha value is -1.88. The number of fused-ring (bicyclic) bond motifs is 2. The average molecular weight is 288 g/mol. The normalized spacial score (nSPS) is 27.2. The molecule has 2 fully saturated rings. The van der Waals surface area contributed by atoms with Crippen LogP contribution in [-0.2, 0) is 4.74 Å². The summed E-state index contributed by atoms with van der Waals surface area (Å²) in [6.45, 7) is 0. The molecular formula is C16H17FN2O2. The lowest BCUT2D eigenvalue weighted by atomic mass is 9.95. The fourth-order valence-corrected chi connectivity index (χ4v) is 3.57. The third-order valence-electron chi connectivity index (χ3n) is 4.52. The molecule has 0 unspecified atom stereocenters. The van der Waals surface area contributed by atoms with E-state index in [4.69, 9.17) is 9.47 Å². The van der Waals surface area contributed by atoms with Gasteiger partial charge in [0, 0.05) is 12.4 Å². The van der Waals surface area contributed by atoms with Gasteiger partial charge in [-0.3, -0.25) is 0 Å². The summed E-state index contributed by atoms with van der Waals surface area (Å²) >= 11 is 0. The number of hydrogen-bond acceptors (Lipinski definition) is 3. The van der Waals surface area contributed by atoms with Gasteiger partial charge in [-0.15, -0.1) is 0 Å². The maximum atomic E-state index is 14.3. The van der Waals surface area contributed by atoms with Crippen molar-refractivity contribution in [1.82, 2.24) is 9.55 Å². The van der Waals surface area contributed by atoms with Crippen molar-refractivity contribution < 1.29 is 13.9 Å². The number of halogens is 1. The van der Waals surface area contributed by atoms with Gasteiger partial charge in [0.1, 0.15) is 17.4 Å². The summed E-state index contributed by atoms with van der Waals surface area (Å²) in [5.41, 5.74) is 0.424. The van der Waals surface area contributed by atoms with Gasteiger partial charge in [0.2, 0.25) is 0 Å². The van der Waals surface area contributed by atoms with Crippen molar-refractivity contribution in [3.05, 3.63) is 36.4 Å². The van der Waals surface area contributed by atoms with Crippen molar-refractivity contribution in [3.8, 4) is 17.1 Å². The van der Waals surface area contributed by atoms with Crippen LogP contribution in [0.3, 0.4) is 0 Å². The van der Waals surface area contributed by atoms with Gasteiger partial charge in [-0.1, -0.05) is 6.07 Å². The minimum atomic E-state index is -0.314. The van der Waals surface area contributed by atoms with Gasteiger partial charge < -0.3 is 14.0 Å². The van der Waals surface area contributed by atoms with Gasteiger partial charge in [-0.05, 0) is 31.4 Å². The molecule has 0 amide bonds. The van der Waals surface area contributed by atoms with E-state index in [-0.39, 0.29) is 18.0 Å². The lowest BCUT2D eigenvalue weighted by Gasteiger charge is -2.22. The molecule has 0 N–H and O–H groups in total. The number of hydrogen-bond donors (Lipinski definition) is 0. The minimum Gasteiger partial charge on any atom is -0.496 e. The summed E-state index contributed by atoms with van der Waals surface area (Å²) in [7, 11) is 1.55. The molecule has 5 heteroatoms. The maximum absolute atomic E-state index is 14.3. The Morgan fingerprint density at radius 2 is 2.29 bits per heavy atom. The Morgan fingerprint density at radius 1 is 1.38 bits per heavy atom. The molecule has 2 bridgehead atoms. The van der Waals surface area contributed by atoms with E-state index in [1.54, 1.807) is 25.4 Å². The predicted molar refractivity (Wildman–Crippen MR) is 75.7 cm³/mol. The van der Waals surface area contributed by atoms with Crippen molar-refractivity contribution in [2.24, 2.45) is 0 Å². The lowest BCUT2D eigenvalue weighted by Crippen LogP contribution is -2.21.